The average Bonchev–Trinajstić information content (AvgIpc) is 2.71. The van der Waals surface area contributed by atoms with Gasteiger partial charge in [-0.25, -0.2) is 0 Å². The van der Waals surface area contributed by atoms with E-state index in [9.17, 15) is 9.59 Å². The highest BCUT2D eigenvalue weighted by atomic mass is 16.5. The third kappa shape index (κ3) is 3.93. The number of para-hydroxylation sites is 2. The number of rotatable bonds is 3. The summed E-state index contributed by atoms with van der Waals surface area (Å²) in [6.45, 7) is 2.20. The third-order valence-corrected chi connectivity index (χ3v) is 5.48. The molecule has 5 nitrogen and oxygen atoms in total. The molecule has 2 aromatic rings. The first-order valence-electron chi connectivity index (χ1n) is 9.81. The average molecular weight is 376 g/mol. The number of carbonyl (C=O) groups is 2. The summed E-state index contributed by atoms with van der Waals surface area (Å²) in [7, 11) is 0. The van der Waals surface area contributed by atoms with Gasteiger partial charge in [-0.3, -0.25) is 9.59 Å². The van der Waals surface area contributed by atoms with Gasteiger partial charge in [-0.05, 0) is 54.7 Å². The van der Waals surface area contributed by atoms with Crippen LogP contribution in [0.25, 0.3) is 6.08 Å². The van der Waals surface area contributed by atoms with Crippen molar-refractivity contribution < 1.29 is 14.3 Å². The number of anilines is 1. The van der Waals surface area contributed by atoms with Gasteiger partial charge in [-0.15, -0.1) is 0 Å². The van der Waals surface area contributed by atoms with Crippen LogP contribution in [0.5, 0.6) is 5.75 Å². The molecule has 0 radical (unpaired) electrons. The highest BCUT2D eigenvalue weighted by Crippen LogP contribution is 2.30. The molecule has 1 saturated carbocycles. The van der Waals surface area contributed by atoms with Crippen LogP contribution >= 0.6 is 0 Å². The minimum absolute atomic E-state index is 0.0430. The maximum Gasteiger partial charge on any atom is 0.291 e. The first-order chi connectivity index (χ1) is 13.6. The van der Waals surface area contributed by atoms with Crippen molar-refractivity contribution >= 4 is 23.6 Å². The van der Waals surface area contributed by atoms with Crippen molar-refractivity contribution in [3.05, 3.63) is 65.4 Å². The van der Waals surface area contributed by atoms with Gasteiger partial charge in [0.2, 0.25) is 0 Å². The van der Waals surface area contributed by atoms with Gasteiger partial charge in [-0.1, -0.05) is 44.0 Å². The maximum absolute atomic E-state index is 12.5. The summed E-state index contributed by atoms with van der Waals surface area (Å²) >= 11 is 0. The summed E-state index contributed by atoms with van der Waals surface area (Å²) in [5.41, 5.74) is 2.08. The van der Waals surface area contributed by atoms with Crippen LogP contribution in [-0.4, -0.2) is 17.9 Å². The second kappa shape index (κ2) is 7.89. The molecule has 2 aliphatic rings. The van der Waals surface area contributed by atoms with E-state index in [0.29, 0.717) is 22.9 Å². The Hall–Kier alpha value is -3.08. The number of hydrogen-bond acceptors (Lipinski definition) is 3. The minimum atomic E-state index is -0.285. The lowest BCUT2D eigenvalue weighted by Crippen LogP contribution is -2.41. The molecule has 2 amide bonds. The van der Waals surface area contributed by atoms with Gasteiger partial charge in [-0.2, -0.15) is 0 Å². The van der Waals surface area contributed by atoms with Gasteiger partial charge < -0.3 is 15.4 Å². The van der Waals surface area contributed by atoms with Gasteiger partial charge >= 0.3 is 0 Å². The normalized spacial score (nSPS) is 22.8. The van der Waals surface area contributed by atoms with Crippen molar-refractivity contribution in [2.24, 2.45) is 5.92 Å². The molecule has 2 aromatic carbocycles. The molecule has 4 rings (SSSR count). The second-order valence-electron chi connectivity index (χ2n) is 7.52. The zero-order valence-corrected chi connectivity index (χ0v) is 15.9. The van der Waals surface area contributed by atoms with E-state index in [0.717, 1.165) is 12.0 Å². The van der Waals surface area contributed by atoms with E-state index in [4.69, 9.17) is 4.74 Å². The molecule has 2 N–H and O–H groups in total. The molecular formula is C23H24N2O3. The second-order valence-corrected chi connectivity index (χ2v) is 7.52. The Morgan fingerprint density at radius 1 is 1.11 bits per heavy atom. The topological polar surface area (TPSA) is 67.4 Å². The number of carbonyl (C=O) groups excluding carboxylic acids is 2. The van der Waals surface area contributed by atoms with E-state index >= 15 is 0 Å². The molecule has 144 valence electrons. The largest absolute Gasteiger partial charge is 0.449 e. The van der Waals surface area contributed by atoms with E-state index in [-0.39, 0.29) is 23.6 Å². The third-order valence-electron chi connectivity index (χ3n) is 5.48. The van der Waals surface area contributed by atoms with Crippen LogP contribution in [0.15, 0.2) is 54.3 Å². The summed E-state index contributed by atoms with van der Waals surface area (Å²) < 4.78 is 5.71. The Balaban J connectivity index is 1.45. The predicted octanol–water partition coefficient (Wildman–Crippen LogP) is 4.37. The van der Waals surface area contributed by atoms with Crippen molar-refractivity contribution in [2.45, 2.75) is 38.6 Å². The van der Waals surface area contributed by atoms with Crippen LogP contribution in [0, 0.1) is 5.92 Å². The van der Waals surface area contributed by atoms with Gasteiger partial charge in [0.05, 0.1) is 5.69 Å². The molecule has 1 fully saturated rings. The Labute approximate surface area is 164 Å². The molecule has 1 heterocycles. The summed E-state index contributed by atoms with van der Waals surface area (Å²) in [6.07, 6.45) is 6.31. The predicted molar refractivity (Wildman–Crippen MR) is 109 cm³/mol. The molecule has 1 aliphatic heterocycles. The Bertz CT molecular complexity index is 918. The van der Waals surface area contributed by atoms with Gasteiger partial charge in [0.15, 0.2) is 11.5 Å². The standard InChI is InChI=1S/C23H24N2O3/c1-15-6-2-3-7-18(15)24-22(26)17-12-10-16(11-13-17)14-21-23(27)25-19-8-4-5-9-20(19)28-21/h4-5,8-15,18H,2-3,6-7H2,1H3,(H,24,26)(H,25,27). The lowest BCUT2D eigenvalue weighted by atomic mass is 9.86. The quantitative estimate of drug-likeness (QED) is 0.782. The summed E-state index contributed by atoms with van der Waals surface area (Å²) in [5.74, 6) is 1.04. The summed E-state index contributed by atoms with van der Waals surface area (Å²) in [6, 6.07) is 14.8. The molecule has 0 aromatic heterocycles. The van der Waals surface area contributed by atoms with Crippen LogP contribution < -0.4 is 15.4 Å². The monoisotopic (exact) mass is 376 g/mol. The Morgan fingerprint density at radius 2 is 1.86 bits per heavy atom. The first-order valence-corrected chi connectivity index (χ1v) is 9.81. The van der Waals surface area contributed by atoms with Crippen LogP contribution in [0.1, 0.15) is 48.5 Å². The first kappa shape index (κ1) is 18.3. The van der Waals surface area contributed by atoms with Crippen molar-refractivity contribution in [1.29, 1.82) is 0 Å². The summed E-state index contributed by atoms with van der Waals surface area (Å²) in [5, 5.41) is 5.97. The summed E-state index contributed by atoms with van der Waals surface area (Å²) in [4.78, 5) is 24.8. The van der Waals surface area contributed by atoms with E-state index in [2.05, 4.69) is 17.6 Å². The fraction of sp³-hybridized carbons (Fsp3) is 0.304. The van der Waals surface area contributed by atoms with Crippen molar-refractivity contribution in [1.82, 2.24) is 5.32 Å². The molecule has 2 atom stereocenters. The zero-order valence-electron chi connectivity index (χ0n) is 15.9. The minimum Gasteiger partial charge on any atom is -0.449 e. The molecule has 0 spiro atoms. The van der Waals surface area contributed by atoms with Gasteiger partial charge in [0.25, 0.3) is 11.8 Å². The van der Waals surface area contributed by atoms with Crippen LogP contribution in [0.4, 0.5) is 5.69 Å². The smallest absolute Gasteiger partial charge is 0.291 e. The molecular weight excluding hydrogens is 352 g/mol. The lowest BCUT2D eigenvalue weighted by Gasteiger charge is -2.29. The van der Waals surface area contributed by atoms with E-state index in [1.807, 2.05) is 30.3 Å². The Kier molecular flexibility index (Phi) is 5.15. The Morgan fingerprint density at radius 3 is 2.64 bits per heavy atom. The van der Waals surface area contributed by atoms with Gasteiger partial charge in [0.1, 0.15) is 0 Å². The fourth-order valence-corrected chi connectivity index (χ4v) is 3.77. The number of benzene rings is 2. The van der Waals surface area contributed by atoms with Crippen LogP contribution in [-0.2, 0) is 4.79 Å². The van der Waals surface area contributed by atoms with Crippen molar-refractivity contribution in [3.8, 4) is 5.75 Å². The highest BCUT2D eigenvalue weighted by Gasteiger charge is 2.23. The number of ether oxygens (including phenoxy) is 1. The number of hydrogen-bond donors (Lipinski definition) is 2. The highest BCUT2D eigenvalue weighted by molar-refractivity contribution is 6.08. The number of nitrogens with one attached hydrogen (secondary N) is 2. The molecule has 2 unspecified atom stereocenters. The molecule has 0 bridgehead atoms. The fourth-order valence-electron chi connectivity index (χ4n) is 3.77. The van der Waals surface area contributed by atoms with Gasteiger partial charge in [0, 0.05) is 11.6 Å². The van der Waals surface area contributed by atoms with Crippen molar-refractivity contribution in [2.75, 3.05) is 5.32 Å². The van der Waals surface area contributed by atoms with E-state index in [1.165, 1.54) is 19.3 Å². The van der Waals surface area contributed by atoms with Crippen LogP contribution in [0.2, 0.25) is 0 Å². The lowest BCUT2D eigenvalue weighted by molar-refractivity contribution is -0.115. The van der Waals surface area contributed by atoms with Crippen molar-refractivity contribution in [3.63, 3.8) is 0 Å². The molecule has 1 aliphatic carbocycles. The SMILES string of the molecule is CC1CCCCC1NC(=O)c1ccc(C=C2Oc3ccccc3NC2=O)cc1. The van der Waals surface area contributed by atoms with E-state index in [1.54, 1.807) is 24.3 Å². The van der Waals surface area contributed by atoms with E-state index < -0.39 is 0 Å². The number of fused-ring (bicyclic) bond motifs is 1. The zero-order chi connectivity index (χ0) is 19.5. The number of amides is 2. The molecule has 0 saturated heterocycles. The maximum atomic E-state index is 12.5. The van der Waals surface area contributed by atoms with Crippen LogP contribution in [0.3, 0.4) is 0 Å². The molecule has 5 heteroatoms. The molecule has 28 heavy (non-hydrogen) atoms.